The second kappa shape index (κ2) is 6.39. The van der Waals surface area contributed by atoms with Gasteiger partial charge in [0.15, 0.2) is 0 Å². The number of hydrogen-bond acceptors (Lipinski definition) is 5. The van der Waals surface area contributed by atoms with Crippen LogP contribution in [0.1, 0.15) is 38.1 Å². The Labute approximate surface area is 102 Å². The number of hydrogen-bond donors (Lipinski definition) is 3. The van der Waals surface area contributed by atoms with Crippen LogP contribution in [-0.2, 0) is 6.42 Å². The topological polar surface area (TPSA) is 84.1 Å². The van der Waals surface area contributed by atoms with Crippen LogP contribution in [0.2, 0.25) is 0 Å². The molecule has 17 heavy (non-hydrogen) atoms. The third-order valence-corrected chi connectivity index (χ3v) is 2.65. The van der Waals surface area contributed by atoms with Gasteiger partial charge in [0.25, 0.3) is 0 Å². The van der Waals surface area contributed by atoms with E-state index in [-0.39, 0.29) is 12.6 Å². The minimum Gasteiger partial charge on any atom is -0.396 e. The largest absolute Gasteiger partial charge is 0.396 e. The van der Waals surface area contributed by atoms with E-state index in [1.807, 2.05) is 13.8 Å². The number of nitrogen functional groups attached to an aromatic ring is 1. The number of aryl methyl sites for hydroxylation is 1. The Balaban J connectivity index is 2.88. The van der Waals surface area contributed by atoms with Crippen molar-refractivity contribution in [2.45, 2.75) is 46.1 Å². The number of aromatic nitrogens is 2. The van der Waals surface area contributed by atoms with E-state index in [4.69, 9.17) is 10.8 Å². The molecule has 1 heterocycles. The molecule has 1 rings (SSSR count). The highest BCUT2D eigenvalue weighted by atomic mass is 16.3. The number of nitrogens with two attached hydrogens (primary N) is 1. The number of nitrogens with zero attached hydrogens (tertiary/aromatic N) is 2. The number of aliphatic hydroxyl groups is 1. The summed E-state index contributed by atoms with van der Waals surface area (Å²) in [5.41, 5.74) is 6.73. The molecule has 0 bridgehead atoms. The fraction of sp³-hybridized carbons (Fsp3) is 0.667. The van der Waals surface area contributed by atoms with Gasteiger partial charge >= 0.3 is 0 Å². The van der Waals surface area contributed by atoms with Gasteiger partial charge in [0.2, 0.25) is 0 Å². The lowest BCUT2D eigenvalue weighted by Gasteiger charge is -2.16. The van der Waals surface area contributed by atoms with Crippen molar-refractivity contribution in [3.05, 3.63) is 11.4 Å². The summed E-state index contributed by atoms with van der Waals surface area (Å²) in [6, 6.07) is 0.169. The Hall–Kier alpha value is -1.36. The lowest BCUT2D eigenvalue weighted by Crippen LogP contribution is -2.19. The molecule has 96 valence electrons. The summed E-state index contributed by atoms with van der Waals surface area (Å²) < 4.78 is 0. The smallest absolute Gasteiger partial charge is 0.134 e. The maximum Gasteiger partial charge on any atom is 0.134 e. The maximum absolute atomic E-state index is 8.88. The highest BCUT2D eigenvalue weighted by Crippen LogP contribution is 2.19. The van der Waals surface area contributed by atoms with Crippen molar-refractivity contribution < 1.29 is 5.11 Å². The summed E-state index contributed by atoms with van der Waals surface area (Å²) in [7, 11) is 0. The first kappa shape index (κ1) is 13.7. The number of nitrogens with one attached hydrogen (secondary N) is 1. The van der Waals surface area contributed by atoms with E-state index in [2.05, 4.69) is 22.2 Å². The molecule has 4 N–H and O–H groups in total. The molecule has 0 saturated heterocycles. The third-order valence-electron chi connectivity index (χ3n) is 2.65. The first-order chi connectivity index (χ1) is 8.08. The van der Waals surface area contributed by atoms with Crippen LogP contribution in [0.4, 0.5) is 11.6 Å². The Morgan fingerprint density at radius 2 is 2.12 bits per heavy atom. The minimum absolute atomic E-state index is 0.162. The zero-order valence-electron chi connectivity index (χ0n) is 10.8. The molecule has 0 aliphatic carbocycles. The molecule has 0 aliphatic rings. The molecule has 0 amide bonds. The van der Waals surface area contributed by atoms with Gasteiger partial charge in [0, 0.05) is 24.6 Å². The highest BCUT2D eigenvalue weighted by molar-refractivity contribution is 5.55. The normalized spacial score (nSPS) is 12.5. The Kier molecular flexibility index (Phi) is 5.15. The second-order valence-electron chi connectivity index (χ2n) is 4.31. The molecule has 0 aliphatic heterocycles. The molecule has 0 fully saturated rings. The van der Waals surface area contributed by atoms with Crippen LogP contribution in [0.15, 0.2) is 0 Å². The van der Waals surface area contributed by atoms with Crippen molar-refractivity contribution >= 4 is 11.6 Å². The van der Waals surface area contributed by atoms with Crippen LogP contribution in [0.3, 0.4) is 0 Å². The molecule has 1 unspecified atom stereocenters. The second-order valence-corrected chi connectivity index (χ2v) is 4.31. The molecule has 5 nitrogen and oxygen atoms in total. The summed E-state index contributed by atoms with van der Waals surface area (Å²) in [4.78, 5) is 8.71. The van der Waals surface area contributed by atoms with Crippen molar-refractivity contribution in [2.75, 3.05) is 17.7 Å². The van der Waals surface area contributed by atoms with Gasteiger partial charge in [-0.3, -0.25) is 0 Å². The van der Waals surface area contributed by atoms with E-state index in [0.29, 0.717) is 12.2 Å². The minimum atomic E-state index is 0.162. The van der Waals surface area contributed by atoms with Crippen molar-refractivity contribution in [3.63, 3.8) is 0 Å². The van der Waals surface area contributed by atoms with E-state index in [1.54, 1.807) is 0 Å². The predicted octanol–water partition coefficient (Wildman–Crippen LogP) is 1.50. The summed E-state index contributed by atoms with van der Waals surface area (Å²) in [5, 5.41) is 12.1. The van der Waals surface area contributed by atoms with Gasteiger partial charge in [0.1, 0.15) is 17.5 Å². The number of rotatable bonds is 6. The monoisotopic (exact) mass is 238 g/mol. The van der Waals surface area contributed by atoms with Crippen LogP contribution in [0.25, 0.3) is 0 Å². The van der Waals surface area contributed by atoms with Crippen LogP contribution in [0.5, 0.6) is 0 Å². The Bertz CT molecular complexity index is 368. The van der Waals surface area contributed by atoms with Gasteiger partial charge in [-0.25, -0.2) is 9.97 Å². The SMILES string of the molecule is CCCc1nc(N)c(C)c(NC(C)CCO)n1. The number of anilines is 2. The zero-order chi connectivity index (χ0) is 12.8. The number of aliphatic hydroxyl groups excluding tert-OH is 1. The van der Waals surface area contributed by atoms with Gasteiger partial charge in [-0.05, 0) is 26.7 Å². The van der Waals surface area contributed by atoms with Gasteiger partial charge in [0.05, 0.1) is 0 Å². The molecule has 0 radical (unpaired) electrons. The quantitative estimate of drug-likeness (QED) is 0.699. The van der Waals surface area contributed by atoms with Crippen LogP contribution >= 0.6 is 0 Å². The standard InChI is InChI=1S/C12H22N4O/c1-4-5-10-15-11(13)9(3)12(16-10)14-8(2)6-7-17/h8,17H,4-7H2,1-3H3,(H3,13,14,15,16). The molecule has 1 atom stereocenters. The molecular weight excluding hydrogens is 216 g/mol. The van der Waals surface area contributed by atoms with Crippen molar-refractivity contribution in [2.24, 2.45) is 0 Å². The molecule has 0 aromatic carbocycles. The molecule has 1 aromatic heterocycles. The van der Waals surface area contributed by atoms with E-state index < -0.39 is 0 Å². The van der Waals surface area contributed by atoms with Crippen molar-refractivity contribution in [1.82, 2.24) is 9.97 Å². The molecule has 5 heteroatoms. The fourth-order valence-corrected chi connectivity index (χ4v) is 1.56. The van der Waals surface area contributed by atoms with E-state index in [9.17, 15) is 0 Å². The first-order valence-corrected chi connectivity index (χ1v) is 6.08. The van der Waals surface area contributed by atoms with Crippen LogP contribution in [-0.4, -0.2) is 27.7 Å². The Morgan fingerprint density at radius 3 is 2.71 bits per heavy atom. The van der Waals surface area contributed by atoms with Crippen LogP contribution in [0, 0.1) is 6.92 Å². The van der Waals surface area contributed by atoms with Crippen molar-refractivity contribution in [3.8, 4) is 0 Å². The zero-order valence-corrected chi connectivity index (χ0v) is 10.8. The van der Waals surface area contributed by atoms with Gasteiger partial charge in [-0.2, -0.15) is 0 Å². The third kappa shape index (κ3) is 3.85. The highest BCUT2D eigenvalue weighted by Gasteiger charge is 2.10. The molecule has 0 saturated carbocycles. The van der Waals surface area contributed by atoms with E-state index in [1.165, 1.54) is 0 Å². The molecule has 0 spiro atoms. The van der Waals surface area contributed by atoms with Gasteiger partial charge in [-0.15, -0.1) is 0 Å². The van der Waals surface area contributed by atoms with Gasteiger partial charge < -0.3 is 16.2 Å². The maximum atomic E-state index is 8.88. The lowest BCUT2D eigenvalue weighted by molar-refractivity contribution is 0.282. The van der Waals surface area contributed by atoms with E-state index >= 15 is 0 Å². The summed E-state index contributed by atoms with van der Waals surface area (Å²) >= 11 is 0. The van der Waals surface area contributed by atoms with Gasteiger partial charge in [-0.1, -0.05) is 6.92 Å². The van der Waals surface area contributed by atoms with Crippen molar-refractivity contribution in [1.29, 1.82) is 0 Å². The van der Waals surface area contributed by atoms with E-state index in [0.717, 1.165) is 30.0 Å². The first-order valence-electron chi connectivity index (χ1n) is 6.08. The summed E-state index contributed by atoms with van der Waals surface area (Å²) in [6.07, 6.45) is 2.51. The fourth-order valence-electron chi connectivity index (χ4n) is 1.56. The average Bonchev–Trinajstić information content (AvgIpc) is 2.26. The lowest BCUT2D eigenvalue weighted by atomic mass is 10.2. The predicted molar refractivity (Wildman–Crippen MR) is 70.0 cm³/mol. The Morgan fingerprint density at radius 1 is 1.41 bits per heavy atom. The summed E-state index contributed by atoms with van der Waals surface area (Å²) in [6.45, 7) is 6.16. The molecular formula is C12H22N4O. The summed E-state index contributed by atoms with van der Waals surface area (Å²) in [5.74, 6) is 2.08. The van der Waals surface area contributed by atoms with Crippen LogP contribution < -0.4 is 11.1 Å². The average molecular weight is 238 g/mol. The molecule has 1 aromatic rings.